The van der Waals surface area contributed by atoms with Crippen molar-refractivity contribution in [1.82, 2.24) is 0 Å². The van der Waals surface area contributed by atoms with E-state index in [1.165, 1.54) is 5.56 Å². The van der Waals surface area contributed by atoms with Crippen molar-refractivity contribution in [2.24, 2.45) is 11.1 Å². The molecule has 0 saturated carbocycles. The zero-order chi connectivity index (χ0) is 10.3. The first-order valence-corrected chi connectivity index (χ1v) is 5.20. The van der Waals surface area contributed by atoms with Gasteiger partial charge in [0.15, 0.2) is 0 Å². The normalized spacial score (nSPS) is 23.6. The van der Waals surface area contributed by atoms with Crippen LogP contribution in [0.4, 0.5) is 0 Å². The van der Waals surface area contributed by atoms with Gasteiger partial charge in [0.25, 0.3) is 0 Å². The number of aryl methyl sites for hydroxylation is 1. The van der Waals surface area contributed by atoms with Crippen LogP contribution in [0.3, 0.4) is 0 Å². The molecule has 1 unspecified atom stereocenters. The Morgan fingerprint density at radius 2 is 2.20 bits per heavy atom. The zero-order valence-electron chi connectivity index (χ0n) is 8.27. The number of hydrogen-bond acceptors (Lipinski definition) is 3. The predicted molar refractivity (Wildman–Crippen MR) is 55.5 cm³/mol. The van der Waals surface area contributed by atoms with Gasteiger partial charge in [0.05, 0.1) is 12.1 Å². The van der Waals surface area contributed by atoms with Crippen LogP contribution in [0.25, 0.3) is 0 Å². The Labute approximate surface area is 87.7 Å². The zero-order valence-corrected chi connectivity index (χ0v) is 8.27. The highest BCUT2D eigenvalue weighted by Gasteiger charge is 2.31. The molecule has 1 atom stereocenters. The van der Waals surface area contributed by atoms with E-state index >= 15 is 0 Å². The number of carbonyl (C=O) groups excluding carboxylic acids is 1. The largest absolute Gasteiger partial charge is 0.335 e. The van der Waals surface area contributed by atoms with Crippen LogP contribution in [-0.2, 0) is 16.1 Å². The first kappa shape index (κ1) is 8.65. The lowest BCUT2D eigenvalue weighted by atomic mass is 9.80. The Bertz CT molecular complexity index is 451. The predicted octanol–water partition coefficient (Wildman–Crippen LogP) is 1.90. The number of rotatable bonds is 0. The second-order valence-electron chi connectivity index (χ2n) is 4.04. The first-order chi connectivity index (χ1) is 7.34. The third-order valence-corrected chi connectivity index (χ3v) is 3.10. The fourth-order valence-corrected chi connectivity index (χ4v) is 2.34. The van der Waals surface area contributed by atoms with Gasteiger partial charge in [0.2, 0.25) is 0 Å². The van der Waals surface area contributed by atoms with Crippen molar-refractivity contribution in [2.75, 3.05) is 0 Å². The van der Waals surface area contributed by atoms with Crippen molar-refractivity contribution in [2.45, 2.75) is 19.3 Å². The van der Waals surface area contributed by atoms with Crippen LogP contribution < -0.4 is 0 Å². The quantitative estimate of drug-likeness (QED) is 0.601. The molecule has 0 bridgehead atoms. The summed E-state index contributed by atoms with van der Waals surface area (Å²) in [6, 6.07) is 8.21. The fourth-order valence-electron chi connectivity index (χ4n) is 2.34. The molecule has 0 N–H and O–H groups in total. The van der Waals surface area contributed by atoms with Crippen molar-refractivity contribution in [3.63, 3.8) is 0 Å². The summed E-state index contributed by atoms with van der Waals surface area (Å²) < 4.78 is 0. The van der Waals surface area contributed by atoms with Crippen molar-refractivity contribution in [1.29, 1.82) is 0 Å². The number of benzene rings is 1. The van der Waals surface area contributed by atoms with Gasteiger partial charge < -0.3 is 4.84 Å². The molecule has 3 nitrogen and oxygen atoms in total. The van der Waals surface area contributed by atoms with Crippen molar-refractivity contribution in [3.8, 4) is 0 Å². The summed E-state index contributed by atoms with van der Waals surface area (Å²) in [7, 11) is 0. The summed E-state index contributed by atoms with van der Waals surface area (Å²) in [6.07, 6.45) is 2.52. The Balaban J connectivity index is 2.09. The van der Waals surface area contributed by atoms with E-state index in [-0.39, 0.29) is 11.9 Å². The van der Waals surface area contributed by atoms with Gasteiger partial charge in [-0.25, -0.2) is 4.79 Å². The molecule has 1 aliphatic carbocycles. The fraction of sp³-hybridized carbons (Fsp3) is 0.333. The molecule has 0 radical (unpaired) electrons. The van der Waals surface area contributed by atoms with E-state index in [2.05, 4.69) is 17.3 Å². The molecule has 1 heterocycles. The minimum atomic E-state index is -0.205. The summed E-state index contributed by atoms with van der Waals surface area (Å²) in [5.41, 5.74) is 3.42. The van der Waals surface area contributed by atoms with Crippen LogP contribution in [0, 0.1) is 5.92 Å². The monoisotopic (exact) mass is 201 g/mol. The summed E-state index contributed by atoms with van der Waals surface area (Å²) in [5.74, 6) is 0.0595. The van der Waals surface area contributed by atoms with Crippen LogP contribution in [0.15, 0.2) is 29.4 Å². The van der Waals surface area contributed by atoms with E-state index in [1.807, 2.05) is 12.1 Å². The highest BCUT2D eigenvalue weighted by Crippen LogP contribution is 2.30. The topological polar surface area (TPSA) is 38.7 Å². The lowest BCUT2D eigenvalue weighted by molar-refractivity contribution is -0.145. The third kappa shape index (κ3) is 1.35. The number of carbonyl (C=O) groups is 1. The second-order valence-corrected chi connectivity index (χ2v) is 4.04. The van der Waals surface area contributed by atoms with Gasteiger partial charge in [-0.05, 0) is 18.4 Å². The third-order valence-electron chi connectivity index (χ3n) is 3.10. The molecular weight excluding hydrogens is 190 g/mol. The molecule has 76 valence electrons. The minimum absolute atomic E-state index is 0.205. The first-order valence-electron chi connectivity index (χ1n) is 5.20. The molecule has 15 heavy (non-hydrogen) atoms. The van der Waals surface area contributed by atoms with Crippen molar-refractivity contribution < 1.29 is 9.63 Å². The summed E-state index contributed by atoms with van der Waals surface area (Å²) in [5, 5.41) is 3.94. The van der Waals surface area contributed by atoms with E-state index in [0.717, 1.165) is 24.1 Å². The van der Waals surface area contributed by atoms with Crippen LogP contribution in [-0.4, -0.2) is 11.7 Å². The Hall–Kier alpha value is -1.64. The highest BCUT2D eigenvalue weighted by atomic mass is 16.7. The summed E-state index contributed by atoms with van der Waals surface area (Å²) >= 11 is 0. The Morgan fingerprint density at radius 1 is 1.33 bits per heavy atom. The molecule has 0 fully saturated rings. The van der Waals surface area contributed by atoms with Gasteiger partial charge in [-0.1, -0.05) is 29.4 Å². The SMILES string of the molecule is O=C1CC2CCc3ccccc3C2=NO1. The van der Waals surface area contributed by atoms with E-state index in [4.69, 9.17) is 4.84 Å². The van der Waals surface area contributed by atoms with Gasteiger partial charge in [-0.3, -0.25) is 0 Å². The number of fused-ring (bicyclic) bond motifs is 3. The lowest BCUT2D eigenvalue weighted by Gasteiger charge is -2.27. The summed E-state index contributed by atoms with van der Waals surface area (Å²) in [6.45, 7) is 0. The van der Waals surface area contributed by atoms with Crippen molar-refractivity contribution in [3.05, 3.63) is 35.4 Å². The molecule has 0 saturated heterocycles. The van der Waals surface area contributed by atoms with Gasteiger partial charge in [0.1, 0.15) is 0 Å². The van der Waals surface area contributed by atoms with E-state index < -0.39 is 0 Å². The number of nitrogens with zero attached hydrogens (tertiary/aromatic N) is 1. The molecule has 1 aromatic rings. The van der Waals surface area contributed by atoms with Crippen LogP contribution in [0.5, 0.6) is 0 Å². The Morgan fingerprint density at radius 3 is 3.13 bits per heavy atom. The van der Waals surface area contributed by atoms with Crippen molar-refractivity contribution >= 4 is 11.7 Å². The highest BCUT2D eigenvalue weighted by molar-refractivity contribution is 6.06. The molecule has 3 heteroatoms. The van der Waals surface area contributed by atoms with Crippen LogP contribution in [0.1, 0.15) is 24.0 Å². The molecule has 0 aromatic heterocycles. The average Bonchev–Trinajstić information content (AvgIpc) is 2.28. The van der Waals surface area contributed by atoms with Gasteiger partial charge in [-0.2, -0.15) is 0 Å². The van der Waals surface area contributed by atoms with Crippen LogP contribution in [0.2, 0.25) is 0 Å². The smallest absolute Gasteiger partial charge is 0.318 e. The number of hydrogen-bond donors (Lipinski definition) is 0. The van der Waals surface area contributed by atoms with E-state index in [9.17, 15) is 4.79 Å². The van der Waals surface area contributed by atoms with Crippen LogP contribution >= 0.6 is 0 Å². The van der Waals surface area contributed by atoms with E-state index in [1.54, 1.807) is 0 Å². The molecule has 0 amide bonds. The van der Waals surface area contributed by atoms with Gasteiger partial charge >= 0.3 is 5.97 Å². The molecule has 1 aromatic carbocycles. The Kier molecular flexibility index (Phi) is 1.84. The van der Waals surface area contributed by atoms with Gasteiger partial charge in [-0.15, -0.1) is 0 Å². The number of oxime groups is 1. The molecule has 2 aliphatic rings. The molecule has 3 rings (SSSR count). The maximum Gasteiger partial charge on any atom is 0.335 e. The lowest BCUT2D eigenvalue weighted by Crippen LogP contribution is -2.30. The summed E-state index contributed by atoms with van der Waals surface area (Å²) in [4.78, 5) is 15.9. The second kappa shape index (κ2) is 3.19. The molecular formula is C12H11NO2. The molecule has 0 spiro atoms. The maximum absolute atomic E-state index is 11.1. The van der Waals surface area contributed by atoms with E-state index in [0.29, 0.717) is 6.42 Å². The minimum Gasteiger partial charge on any atom is -0.318 e. The maximum atomic E-state index is 11.1. The molecule has 1 aliphatic heterocycles. The van der Waals surface area contributed by atoms with Gasteiger partial charge in [0, 0.05) is 11.5 Å². The average molecular weight is 201 g/mol. The standard InChI is InChI=1S/C12H11NO2/c14-11-7-9-6-5-8-3-1-2-4-10(8)12(9)13-15-11/h1-4,9H,5-7H2.